The van der Waals surface area contributed by atoms with Crippen LogP contribution in [0.1, 0.15) is 37.6 Å². The van der Waals surface area contributed by atoms with Gasteiger partial charge in [0, 0.05) is 19.0 Å². The average Bonchev–Trinajstić information content (AvgIpc) is 3.18. The number of aromatic nitrogens is 1. The summed E-state index contributed by atoms with van der Waals surface area (Å²) in [6.07, 6.45) is -0.294. The number of aliphatic hydroxyl groups excluding tert-OH is 1. The Balaban J connectivity index is 1.88. The van der Waals surface area contributed by atoms with Crippen molar-refractivity contribution < 1.29 is 18.6 Å². The lowest BCUT2D eigenvalue weighted by molar-refractivity contribution is -0.134. The molecule has 1 fully saturated rings. The Bertz CT molecular complexity index is 799. The second kappa shape index (κ2) is 6.45. The van der Waals surface area contributed by atoms with E-state index in [1.54, 1.807) is 17.9 Å². The Kier molecular flexibility index (Phi) is 4.63. The summed E-state index contributed by atoms with van der Waals surface area (Å²) in [4.78, 5) is 19.1. The fourth-order valence-electron chi connectivity index (χ4n) is 3.36. The van der Waals surface area contributed by atoms with Gasteiger partial charge < -0.3 is 14.5 Å². The molecule has 0 bridgehead atoms. The van der Waals surface area contributed by atoms with Crippen LogP contribution in [0.25, 0.3) is 0 Å². The lowest BCUT2D eigenvalue weighted by Crippen LogP contribution is -2.47. The van der Waals surface area contributed by atoms with E-state index in [1.165, 1.54) is 0 Å². The van der Waals surface area contributed by atoms with Gasteiger partial charge in [0.2, 0.25) is 5.91 Å². The number of amides is 1. The van der Waals surface area contributed by atoms with Crippen LogP contribution in [-0.2, 0) is 14.5 Å². The predicted molar refractivity (Wildman–Crippen MR) is 95.6 cm³/mol. The summed E-state index contributed by atoms with van der Waals surface area (Å²) in [7, 11) is -2.49. The van der Waals surface area contributed by atoms with Crippen LogP contribution in [0.3, 0.4) is 0 Å². The molecule has 4 atom stereocenters. The quantitative estimate of drug-likeness (QED) is 0.742. The number of rotatable bonds is 4. The third kappa shape index (κ3) is 3.57. The first kappa shape index (κ1) is 17.9. The van der Waals surface area contributed by atoms with Gasteiger partial charge in [-0.3, -0.25) is 14.5 Å². The van der Waals surface area contributed by atoms with Gasteiger partial charge in [-0.05, 0) is 18.7 Å². The Labute approximate surface area is 147 Å². The monoisotopic (exact) mass is 368 g/mol. The minimum Gasteiger partial charge on any atom is -0.391 e. The summed E-state index contributed by atoms with van der Waals surface area (Å²) >= 11 is 0. The van der Waals surface area contributed by atoms with Crippen LogP contribution >= 0.6 is 0 Å². The Morgan fingerprint density at radius 1 is 1.56 bits per heavy atom. The number of likely N-dealkylation sites (tertiary alicyclic amines) is 1. The van der Waals surface area contributed by atoms with Crippen molar-refractivity contribution in [2.45, 2.75) is 45.3 Å². The zero-order valence-electron chi connectivity index (χ0n) is 14.6. The van der Waals surface area contributed by atoms with Crippen LogP contribution < -0.4 is 4.72 Å². The van der Waals surface area contributed by atoms with E-state index in [4.69, 9.17) is 4.52 Å². The highest BCUT2D eigenvalue weighted by atomic mass is 32.2. The molecule has 0 radical (unpaired) electrons. The molecule has 1 aromatic rings. The first-order valence-electron chi connectivity index (χ1n) is 8.26. The third-order valence-corrected chi connectivity index (χ3v) is 5.62. The van der Waals surface area contributed by atoms with Gasteiger partial charge in [0.15, 0.2) is 0 Å². The van der Waals surface area contributed by atoms with Crippen molar-refractivity contribution in [2.24, 2.45) is 10.9 Å². The molecule has 1 saturated heterocycles. The van der Waals surface area contributed by atoms with Crippen molar-refractivity contribution in [3.8, 4) is 0 Å². The fourth-order valence-corrected chi connectivity index (χ4v) is 4.36. The van der Waals surface area contributed by atoms with Gasteiger partial charge in [-0.1, -0.05) is 19.0 Å². The van der Waals surface area contributed by atoms with Gasteiger partial charge in [-0.15, -0.1) is 0 Å². The molecule has 2 N–H and O–H groups in total. The van der Waals surface area contributed by atoms with Crippen LogP contribution in [0.5, 0.6) is 0 Å². The highest BCUT2D eigenvalue weighted by molar-refractivity contribution is 7.99. The normalized spacial score (nSPS) is 30.4. The molecule has 3 heterocycles. The number of aliphatic hydroxyl groups is 1. The molecule has 0 aromatic carbocycles. The highest BCUT2D eigenvalue weighted by Crippen LogP contribution is 2.31. The summed E-state index contributed by atoms with van der Waals surface area (Å²) in [5.74, 6) is 4.01. The smallest absolute Gasteiger partial charge is 0.234 e. The van der Waals surface area contributed by atoms with Gasteiger partial charge in [-0.2, -0.15) is 0 Å². The molecule has 2 aliphatic rings. The molecule has 9 heteroatoms. The molecule has 1 amide bonds. The summed E-state index contributed by atoms with van der Waals surface area (Å²) < 4.78 is 20.2. The van der Waals surface area contributed by atoms with Crippen LogP contribution in [0.4, 0.5) is 0 Å². The molecular formula is C16H24N4O4S. The molecule has 2 unspecified atom stereocenters. The first-order valence-corrected chi connectivity index (χ1v) is 10.2. The molecule has 2 aliphatic heterocycles. The maximum atomic E-state index is 13.2. The van der Waals surface area contributed by atoms with Gasteiger partial charge in [-0.25, -0.2) is 4.21 Å². The Morgan fingerprint density at radius 2 is 2.28 bits per heavy atom. The zero-order valence-corrected chi connectivity index (χ0v) is 15.5. The van der Waals surface area contributed by atoms with E-state index >= 15 is 0 Å². The highest BCUT2D eigenvalue weighted by Gasteiger charge is 2.43. The zero-order chi connectivity index (χ0) is 18.4. The number of aryl methyl sites for hydroxylation is 1. The van der Waals surface area contributed by atoms with Crippen LogP contribution in [0, 0.1) is 12.8 Å². The van der Waals surface area contributed by atoms with Crippen molar-refractivity contribution in [3.63, 3.8) is 0 Å². The van der Waals surface area contributed by atoms with Crippen molar-refractivity contribution in [1.29, 1.82) is 0 Å². The second-order valence-corrected chi connectivity index (χ2v) is 9.16. The molecular weight excluding hydrogens is 344 g/mol. The summed E-state index contributed by atoms with van der Waals surface area (Å²) in [6, 6.07) is 1.33. The number of carbonyl (C=O) groups excluding carboxylic acids is 1. The number of β-amino-alcohol motifs (C(OH)–C–C–N with tert-alkyl or cyclic N) is 1. The minimum absolute atomic E-state index is 0.00575. The maximum absolute atomic E-state index is 13.2. The number of carbonyl (C=O) groups is 1. The lowest BCUT2D eigenvalue weighted by Gasteiger charge is -2.29. The molecule has 0 aliphatic carbocycles. The van der Waals surface area contributed by atoms with E-state index in [1.807, 2.05) is 13.8 Å². The van der Waals surface area contributed by atoms with E-state index in [0.29, 0.717) is 23.7 Å². The SMILES string of the molecule is C=S1(=O)CN=C([C@@H]2C[C@@H](O)CN2C(=O)C(c2cc(C)no2)C(C)C)N1. The van der Waals surface area contributed by atoms with Crippen molar-refractivity contribution >= 4 is 27.3 Å². The summed E-state index contributed by atoms with van der Waals surface area (Å²) in [5.41, 5.74) is 0.713. The van der Waals surface area contributed by atoms with Crippen molar-refractivity contribution in [1.82, 2.24) is 14.8 Å². The number of amidine groups is 1. The molecule has 138 valence electrons. The van der Waals surface area contributed by atoms with Crippen LogP contribution in [0.15, 0.2) is 15.6 Å². The molecule has 1 aromatic heterocycles. The predicted octanol–water partition coefficient (Wildman–Crippen LogP) is 0.275. The number of nitrogens with one attached hydrogen (secondary N) is 1. The topological polar surface area (TPSA) is 108 Å². The van der Waals surface area contributed by atoms with Crippen molar-refractivity contribution in [2.75, 3.05) is 12.4 Å². The summed E-state index contributed by atoms with van der Waals surface area (Å²) in [6.45, 7) is 5.89. The summed E-state index contributed by atoms with van der Waals surface area (Å²) in [5, 5.41) is 14.0. The van der Waals surface area contributed by atoms with Crippen LogP contribution in [-0.4, -0.2) is 61.6 Å². The van der Waals surface area contributed by atoms with E-state index in [9.17, 15) is 14.1 Å². The molecule has 0 saturated carbocycles. The fraction of sp³-hybridized carbons (Fsp3) is 0.625. The lowest BCUT2D eigenvalue weighted by atomic mass is 9.91. The van der Waals surface area contributed by atoms with E-state index in [2.05, 4.69) is 20.7 Å². The minimum atomic E-state index is -2.49. The Morgan fingerprint density at radius 3 is 2.80 bits per heavy atom. The van der Waals surface area contributed by atoms with Gasteiger partial charge in [0.05, 0.1) is 27.5 Å². The van der Waals surface area contributed by atoms with E-state index in [0.717, 1.165) is 0 Å². The number of hydrogen-bond acceptors (Lipinski definition) is 6. The third-order valence-electron chi connectivity index (χ3n) is 4.50. The second-order valence-electron chi connectivity index (χ2n) is 7.07. The average molecular weight is 368 g/mol. The molecule has 0 spiro atoms. The van der Waals surface area contributed by atoms with Gasteiger partial charge in [0.25, 0.3) is 0 Å². The largest absolute Gasteiger partial charge is 0.391 e. The Hall–Kier alpha value is -1.87. The standard InChI is InChI=1S/C16H24N4O4S/c1-9(2)14(13-5-10(3)18-24-13)16(22)20-7-11(21)6-12(20)15-17-8-25(4,23)19-15/h5,9,11-12,14,21H,4,6-8H2,1-3H3,(H,17,19,23)/t11-,12+,14?,25?/m1/s1. The van der Waals surface area contributed by atoms with Crippen LogP contribution in [0.2, 0.25) is 0 Å². The van der Waals surface area contributed by atoms with Crippen molar-refractivity contribution in [3.05, 3.63) is 17.5 Å². The number of hydrogen-bond donors (Lipinski definition) is 2. The van der Waals surface area contributed by atoms with E-state index < -0.39 is 27.8 Å². The molecule has 25 heavy (non-hydrogen) atoms. The number of nitrogens with zero attached hydrogens (tertiary/aromatic N) is 3. The number of aliphatic imine (C=N–C) groups is 1. The maximum Gasteiger partial charge on any atom is 0.234 e. The van der Waals surface area contributed by atoms with Gasteiger partial charge >= 0.3 is 0 Å². The van der Waals surface area contributed by atoms with E-state index in [-0.39, 0.29) is 24.2 Å². The first-order chi connectivity index (χ1) is 11.7. The van der Waals surface area contributed by atoms with Gasteiger partial charge in [0.1, 0.15) is 23.4 Å². The molecule has 3 rings (SSSR count). The molecule has 8 nitrogen and oxygen atoms in total.